The summed E-state index contributed by atoms with van der Waals surface area (Å²) in [6, 6.07) is 3.55. The Labute approximate surface area is 163 Å². The minimum atomic E-state index is -3.90. The number of piperazine rings is 1. The van der Waals surface area contributed by atoms with E-state index in [9.17, 15) is 23.3 Å². The number of likely N-dealkylation sites (tertiary alicyclic amines) is 1. The van der Waals surface area contributed by atoms with Gasteiger partial charge in [-0.2, -0.15) is 4.31 Å². The van der Waals surface area contributed by atoms with Gasteiger partial charge >= 0.3 is 11.7 Å². The molecule has 2 amide bonds. The van der Waals surface area contributed by atoms with Gasteiger partial charge in [0.15, 0.2) is 5.75 Å². The molecule has 1 aromatic carbocycles. The molecule has 11 heteroatoms. The number of benzene rings is 1. The fraction of sp³-hybridized carbons (Fsp3) is 0.588. The fourth-order valence-corrected chi connectivity index (χ4v) is 4.97. The van der Waals surface area contributed by atoms with Crippen LogP contribution in [0, 0.1) is 10.1 Å². The molecule has 0 radical (unpaired) electrons. The zero-order valence-corrected chi connectivity index (χ0v) is 16.6. The first-order chi connectivity index (χ1) is 13.3. The molecule has 0 atom stereocenters. The Hall–Kier alpha value is -2.40. The van der Waals surface area contributed by atoms with E-state index in [2.05, 4.69) is 0 Å². The van der Waals surface area contributed by atoms with E-state index in [0.717, 1.165) is 38.4 Å². The molecule has 2 saturated heterocycles. The highest BCUT2D eigenvalue weighted by Crippen LogP contribution is 2.30. The predicted molar refractivity (Wildman–Crippen MR) is 101 cm³/mol. The Morgan fingerprint density at radius 1 is 1.04 bits per heavy atom. The van der Waals surface area contributed by atoms with E-state index in [0.29, 0.717) is 13.1 Å². The van der Waals surface area contributed by atoms with Gasteiger partial charge in [0.05, 0.1) is 16.9 Å². The number of sulfonamides is 1. The molecule has 1 aromatic rings. The summed E-state index contributed by atoms with van der Waals surface area (Å²) in [7, 11) is -2.61. The maximum atomic E-state index is 12.9. The van der Waals surface area contributed by atoms with E-state index in [-0.39, 0.29) is 29.8 Å². The van der Waals surface area contributed by atoms with Crippen LogP contribution in [0.5, 0.6) is 5.75 Å². The number of piperidine rings is 1. The van der Waals surface area contributed by atoms with Crippen LogP contribution in [0.2, 0.25) is 0 Å². The van der Waals surface area contributed by atoms with Gasteiger partial charge in [0.1, 0.15) is 0 Å². The van der Waals surface area contributed by atoms with Gasteiger partial charge in [-0.15, -0.1) is 0 Å². The summed E-state index contributed by atoms with van der Waals surface area (Å²) >= 11 is 0. The number of amides is 2. The summed E-state index contributed by atoms with van der Waals surface area (Å²) in [5.41, 5.74) is -0.400. The van der Waals surface area contributed by atoms with Crippen molar-refractivity contribution in [2.24, 2.45) is 0 Å². The Morgan fingerprint density at radius 3 is 2.21 bits per heavy atom. The van der Waals surface area contributed by atoms with Crippen LogP contribution in [-0.2, 0) is 10.0 Å². The third-order valence-electron chi connectivity index (χ3n) is 5.12. The van der Waals surface area contributed by atoms with Gasteiger partial charge in [-0.1, -0.05) is 0 Å². The molecule has 0 aromatic heterocycles. The Balaban J connectivity index is 1.70. The second-order valence-corrected chi connectivity index (χ2v) is 8.75. The number of hydrogen-bond acceptors (Lipinski definition) is 6. The first-order valence-corrected chi connectivity index (χ1v) is 10.6. The van der Waals surface area contributed by atoms with E-state index < -0.39 is 20.6 Å². The number of carbonyl (C=O) groups is 1. The zero-order chi connectivity index (χ0) is 20.3. The lowest BCUT2D eigenvalue weighted by Crippen LogP contribution is -2.54. The molecule has 0 saturated carbocycles. The molecular formula is C17H24N4O6S. The minimum Gasteiger partial charge on any atom is -0.490 e. The van der Waals surface area contributed by atoms with Crippen LogP contribution >= 0.6 is 0 Å². The van der Waals surface area contributed by atoms with E-state index in [4.69, 9.17) is 4.74 Å². The molecule has 2 aliphatic heterocycles. The molecule has 2 fully saturated rings. The van der Waals surface area contributed by atoms with Gasteiger partial charge in [-0.05, 0) is 31.4 Å². The molecule has 2 heterocycles. The maximum absolute atomic E-state index is 12.9. The summed E-state index contributed by atoms with van der Waals surface area (Å²) in [5, 5.41) is 11.2. The molecule has 3 rings (SSSR count). The van der Waals surface area contributed by atoms with Crippen molar-refractivity contribution in [3.05, 3.63) is 28.3 Å². The van der Waals surface area contributed by atoms with Crippen LogP contribution in [0.15, 0.2) is 23.1 Å². The molecule has 10 nitrogen and oxygen atoms in total. The number of nitrogens with zero attached hydrogens (tertiary/aromatic N) is 4. The Kier molecular flexibility index (Phi) is 6.04. The lowest BCUT2D eigenvalue weighted by atomic mass is 10.1. The zero-order valence-electron chi connectivity index (χ0n) is 15.7. The lowest BCUT2D eigenvalue weighted by molar-refractivity contribution is -0.386. The average molecular weight is 412 g/mol. The molecule has 0 aliphatic carbocycles. The highest BCUT2D eigenvalue weighted by atomic mass is 32.2. The smallest absolute Gasteiger partial charge is 0.320 e. The van der Waals surface area contributed by atoms with Crippen molar-refractivity contribution < 1.29 is 22.9 Å². The first-order valence-electron chi connectivity index (χ1n) is 9.21. The van der Waals surface area contributed by atoms with Crippen molar-refractivity contribution in [1.82, 2.24) is 14.1 Å². The number of methoxy groups -OCH3 is 1. The van der Waals surface area contributed by atoms with E-state index in [1.54, 1.807) is 4.90 Å². The van der Waals surface area contributed by atoms with Crippen LogP contribution < -0.4 is 4.74 Å². The van der Waals surface area contributed by atoms with Gasteiger partial charge in [-0.3, -0.25) is 10.1 Å². The van der Waals surface area contributed by atoms with Crippen LogP contribution in [-0.4, -0.2) is 79.9 Å². The van der Waals surface area contributed by atoms with Gasteiger partial charge in [0, 0.05) is 45.3 Å². The number of nitro groups is 1. The Bertz CT molecular complexity index is 845. The summed E-state index contributed by atoms with van der Waals surface area (Å²) in [4.78, 5) is 26.4. The third-order valence-corrected chi connectivity index (χ3v) is 7.02. The molecule has 0 N–H and O–H groups in total. The van der Waals surface area contributed by atoms with E-state index in [1.807, 2.05) is 4.90 Å². The molecule has 28 heavy (non-hydrogen) atoms. The maximum Gasteiger partial charge on any atom is 0.320 e. The van der Waals surface area contributed by atoms with Crippen LogP contribution in [0.3, 0.4) is 0 Å². The van der Waals surface area contributed by atoms with Crippen molar-refractivity contribution >= 4 is 21.7 Å². The second-order valence-electron chi connectivity index (χ2n) is 6.81. The topological polar surface area (TPSA) is 113 Å². The summed E-state index contributed by atoms with van der Waals surface area (Å²) < 4.78 is 32.0. The Morgan fingerprint density at radius 2 is 1.64 bits per heavy atom. The van der Waals surface area contributed by atoms with Crippen LogP contribution in [0.25, 0.3) is 0 Å². The molecule has 0 spiro atoms. The second kappa shape index (κ2) is 8.31. The number of carbonyl (C=O) groups excluding carboxylic acids is 1. The molecule has 0 unspecified atom stereocenters. The molecule has 0 bridgehead atoms. The van der Waals surface area contributed by atoms with Crippen molar-refractivity contribution in [2.45, 2.75) is 24.2 Å². The SMILES string of the molecule is COc1ccc(S(=O)(=O)N2CCN(C(=O)N3CCCCC3)CC2)cc1[N+](=O)[O-]. The average Bonchev–Trinajstić information content (AvgIpc) is 2.73. The van der Waals surface area contributed by atoms with Crippen molar-refractivity contribution in [1.29, 1.82) is 0 Å². The number of nitro benzene ring substituents is 1. The van der Waals surface area contributed by atoms with Gasteiger partial charge in [0.2, 0.25) is 10.0 Å². The number of hydrogen-bond donors (Lipinski definition) is 0. The summed E-state index contributed by atoms with van der Waals surface area (Å²) in [6.45, 7) is 2.39. The fourth-order valence-electron chi connectivity index (χ4n) is 3.53. The monoisotopic (exact) mass is 412 g/mol. The standard InChI is InChI=1S/C17H24N4O6S/c1-27-16-6-5-14(13-15(16)21(23)24)28(25,26)20-11-9-19(10-12-20)17(22)18-7-3-2-4-8-18/h5-6,13H,2-4,7-12H2,1H3. The largest absolute Gasteiger partial charge is 0.490 e. The number of rotatable bonds is 4. The van der Waals surface area contributed by atoms with Gasteiger partial charge in [0.25, 0.3) is 0 Å². The van der Waals surface area contributed by atoms with Gasteiger partial charge < -0.3 is 14.5 Å². The predicted octanol–water partition coefficient (Wildman–Crippen LogP) is 1.52. The van der Waals surface area contributed by atoms with E-state index in [1.165, 1.54) is 23.5 Å². The first kappa shape index (κ1) is 20.3. The van der Waals surface area contributed by atoms with E-state index >= 15 is 0 Å². The minimum absolute atomic E-state index is 0.000831. The number of urea groups is 1. The van der Waals surface area contributed by atoms with Crippen molar-refractivity contribution in [3.8, 4) is 5.75 Å². The molecule has 154 valence electrons. The van der Waals surface area contributed by atoms with Crippen molar-refractivity contribution in [2.75, 3.05) is 46.4 Å². The lowest BCUT2D eigenvalue weighted by Gasteiger charge is -2.38. The molecule has 2 aliphatic rings. The van der Waals surface area contributed by atoms with Crippen molar-refractivity contribution in [3.63, 3.8) is 0 Å². The summed E-state index contributed by atoms with van der Waals surface area (Å²) in [5.74, 6) is 0.000831. The number of ether oxygens (including phenoxy) is 1. The summed E-state index contributed by atoms with van der Waals surface area (Å²) in [6.07, 6.45) is 3.12. The normalized spacial score (nSPS) is 18.8. The third kappa shape index (κ3) is 4.04. The highest BCUT2D eigenvalue weighted by molar-refractivity contribution is 7.89. The highest BCUT2D eigenvalue weighted by Gasteiger charge is 2.33. The molecular weight excluding hydrogens is 388 g/mol. The quantitative estimate of drug-likeness (QED) is 0.547. The van der Waals surface area contributed by atoms with Gasteiger partial charge in [-0.25, -0.2) is 13.2 Å². The van der Waals surface area contributed by atoms with Crippen LogP contribution in [0.4, 0.5) is 10.5 Å². The van der Waals surface area contributed by atoms with Crippen LogP contribution in [0.1, 0.15) is 19.3 Å².